The van der Waals surface area contributed by atoms with Gasteiger partial charge < -0.3 is 15.7 Å². The summed E-state index contributed by atoms with van der Waals surface area (Å²) in [4.78, 5) is 2.50. The van der Waals surface area contributed by atoms with Gasteiger partial charge in [0.1, 0.15) is 0 Å². The Hall–Kier alpha value is -0.120. The van der Waals surface area contributed by atoms with E-state index >= 15 is 0 Å². The quantitative estimate of drug-likeness (QED) is 0.654. The van der Waals surface area contributed by atoms with Crippen molar-refractivity contribution in [1.82, 2.24) is 4.90 Å². The number of nitrogens with two attached hydrogens (primary N) is 1. The number of nitrogens with zero attached hydrogens (tertiary/aromatic N) is 1. The lowest BCUT2D eigenvalue weighted by molar-refractivity contribution is 0.157. The molecule has 3 nitrogen and oxygen atoms in total. The fourth-order valence-electron chi connectivity index (χ4n) is 2.03. The van der Waals surface area contributed by atoms with Crippen LogP contribution < -0.4 is 5.73 Å². The van der Waals surface area contributed by atoms with E-state index < -0.39 is 0 Å². The van der Waals surface area contributed by atoms with Crippen molar-refractivity contribution in [3.05, 3.63) is 0 Å². The molecule has 0 amide bonds. The Balaban J connectivity index is 4.05. The van der Waals surface area contributed by atoms with Gasteiger partial charge in [-0.1, -0.05) is 20.8 Å². The van der Waals surface area contributed by atoms with E-state index in [4.69, 9.17) is 5.73 Å². The predicted molar refractivity (Wildman–Crippen MR) is 75.1 cm³/mol. The first-order chi connectivity index (χ1) is 7.84. The van der Waals surface area contributed by atoms with Crippen LogP contribution in [-0.4, -0.2) is 41.3 Å². The molecule has 0 spiro atoms. The van der Waals surface area contributed by atoms with Crippen LogP contribution in [0.15, 0.2) is 0 Å². The molecular weight excluding hydrogens is 212 g/mol. The monoisotopic (exact) mass is 244 g/mol. The molecule has 1 atom stereocenters. The van der Waals surface area contributed by atoms with Gasteiger partial charge in [-0.15, -0.1) is 0 Å². The van der Waals surface area contributed by atoms with Crippen LogP contribution >= 0.6 is 0 Å². The Morgan fingerprint density at radius 2 is 1.82 bits per heavy atom. The van der Waals surface area contributed by atoms with Gasteiger partial charge in [0.25, 0.3) is 0 Å². The van der Waals surface area contributed by atoms with Crippen LogP contribution in [0.5, 0.6) is 0 Å². The Bertz CT molecular complexity index is 189. The van der Waals surface area contributed by atoms with E-state index in [0.29, 0.717) is 12.0 Å². The van der Waals surface area contributed by atoms with E-state index in [2.05, 4.69) is 32.6 Å². The van der Waals surface area contributed by atoms with Crippen molar-refractivity contribution < 1.29 is 5.11 Å². The molecule has 104 valence electrons. The first-order valence-electron chi connectivity index (χ1n) is 6.98. The topological polar surface area (TPSA) is 49.5 Å². The fourth-order valence-corrected chi connectivity index (χ4v) is 2.03. The first kappa shape index (κ1) is 16.9. The minimum Gasteiger partial charge on any atom is -0.394 e. The molecular formula is C14H32N2O. The largest absolute Gasteiger partial charge is 0.394 e. The average molecular weight is 244 g/mol. The maximum Gasteiger partial charge on any atom is 0.0611 e. The van der Waals surface area contributed by atoms with Gasteiger partial charge in [-0.3, -0.25) is 0 Å². The van der Waals surface area contributed by atoms with E-state index in [0.717, 1.165) is 32.4 Å². The summed E-state index contributed by atoms with van der Waals surface area (Å²) in [6.45, 7) is 13.3. The number of aliphatic hydroxyl groups is 1. The zero-order valence-corrected chi connectivity index (χ0v) is 12.4. The minimum absolute atomic E-state index is 0.0926. The van der Waals surface area contributed by atoms with Crippen LogP contribution in [0.2, 0.25) is 0 Å². The van der Waals surface area contributed by atoms with Gasteiger partial charge in [-0.05, 0) is 45.6 Å². The van der Waals surface area contributed by atoms with Crippen molar-refractivity contribution in [3.8, 4) is 0 Å². The zero-order valence-electron chi connectivity index (χ0n) is 12.4. The highest BCUT2D eigenvalue weighted by molar-refractivity contribution is 4.82. The standard InChI is InChI=1S/C14H32N2O/c1-6-14(15,11-17)8-7-9-16(13(4)5)10-12(2)3/h12-13,17H,6-11,15H2,1-5H3. The van der Waals surface area contributed by atoms with E-state index in [1.165, 1.54) is 0 Å². The molecule has 0 aliphatic rings. The Kier molecular flexibility index (Phi) is 8.01. The van der Waals surface area contributed by atoms with Crippen molar-refractivity contribution >= 4 is 0 Å². The second kappa shape index (κ2) is 8.06. The molecule has 0 radical (unpaired) electrons. The number of hydrogen-bond donors (Lipinski definition) is 2. The Labute approximate surface area is 107 Å². The molecule has 0 aromatic carbocycles. The van der Waals surface area contributed by atoms with Crippen molar-refractivity contribution in [2.75, 3.05) is 19.7 Å². The van der Waals surface area contributed by atoms with Crippen LogP contribution in [0.25, 0.3) is 0 Å². The highest BCUT2D eigenvalue weighted by atomic mass is 16.3. The molecule has 0 saturated heterocycles. The van der Waals surface area contributed by atoms with E-state index in [-0.39, 0.29) is 12.1 Å². The van der Waals surface area contributed by atoms with Crippen molar-refractivity contribution in [1.29, 1.82) is 0 Å². The second-order valence-electron chi connectivity index (χ2n) is 5.96. The third-order valence-electron chi connectivity index (χ3n) is 3.47. The van der Waals surface area contributed by atoms with Gasteiger partial charge in [0.05, 0.1) is 6.61 Å². The lowest BCUT2D eigenvalue weighted by Gasteiger charge is -2.31. The molecule has 0 fully saturated rings. The predicted octanol–water partition coefficient (Wildman–Crippen LogP) is 2.23. The number of hydrogen-bond acceptors (Lipinski definition) is 3. The summed E-state index contributed by atoms with van der Waals surface area (Å²) >= 11 is 0. The summed E-state index contributed by atoms with van der Waals surface area (Å²) in [5.41, 5.74) is 5.72. The number of aliphatic hydroxyl groups excluding tert-OH is 1. The average Bonchev–Trinajstić information content (AvgIpc) is 2.26. The van der Waals surface area contributed by atoms with Crippen LogP contribution in [0, 0.1) is 5.92 Å². The van der Waals surface area contributed by atoms with Gasteiger partial charge in [0.15, 0.2) is 0 Å². The lowest BCUT2D eigenvalue weighted by Crippen LogP contribution is -2.44. The van der Waals surface area contributed by atoms with Gasteiger partial charge in [-0.2, -0.15) is 0 Å². The Morgan fingerprint density at radius 3 is 2.18 bits per heavy atom. The van der Waals surface area contributed by atoms with Crippen molar-refractivity contribution in [2.24, 2.45) is 11.7 Å². The summed E-state index contributed by atoms with van der Waals surface area (Å²) in [6.07, 6.45) is 2.81. The zero-order chi connectivity index (χ0) is 13.5. The molecule has 3 heteroatoms. The molecule has 0 heterocycles. The molecule has 1 unspecified atom stereocenters. The van der Waals surface area contributed by atoms with Gasteiger partial charge in [0, 0.05) is 18.1 Å². The summed E-state index contributed by atoms with van der Waals surface area (Å²) in [7, 11) is 0. The molecule has 0 aromatic rings. The summed E-state index contributed by atoms with van der Waals surface area (Å²) in [5, 5.41) is 9.27. The number of rotatable bonds is 9. The fraction of sp³-hybridized carbons (Fsp3) is 1.00. The van der Waals surface area contributed by atoms with Gasteiger partial charge in [-0.25, -0.2) is 0 Å². The molecule has 0 saturated carbocycles. The summed E-state index contributed by atoms with van der Waals surface area (Å²) < 4.78 is 0. The van der Waals surface area contributed by atoms with Crippen LogP contribution in [0.3, 0.4) is 0 Å². The van der Waals surface area contributed by atoms with E-state index in [9.17, 15) is 5.11 Å². The van der Waals surface area contributed by atoms with Crippen LogP contribution in [0.1, 0.15) is 53.9 Å². The molecule has 0 rings (SSSR count). The highest BCUT2D eigenvalue weighted by Crippen LogP contribution is 2.15. The van der Waals surface area contributed by atoms with Crippen LogP contribution in [0.4, 0.5) is 0 Å². The molecule has 0 aromatic heterocycles. The van der Waals surface area contributed by atoms with E-state index in [1.54, 1.807) is 0 Å². The molecule has 0 aliphatic carbocycles. The normalized spacial score (nSPS) is 15.9. The van der Waals surface area contributed by atoms with Crippen molar-refractivity contribution in [3.63, 3.8) is 0 Å². The smallest absolute Gasteiger partial charge is 0.0611 e. The van der Waals surface area contributed by atoms with Crippen LogP contribution in [-0.2, 0) is 0 Å². The Morgan fingerprint density at radius 1 is 1.24 bits per heavy atom. The SMILES string of the molecule is CCC(N)(CO)CCCN(CC(C)C)C(C)C. The van der Waals surface area contributed by atoms with Gasteiger partial charge >= 0.3 is 0 Å². The second-order valence-corrected chi connectivity index (χ2v) is 5.96. The first-order valence-corrected chi connectivity index (χ1v) is 6.98. The summed E-state index contributed by atoms with van der Waals surface area (Å²) in [6, 6.07) is 0.584. The third-order valence-corrected chi connectivity index (χ3v) is 3.47. The summed E-state index contributed by atoms with van der Waals surface area (Å²) in [5.74, 6) is 0.698. The molecule has 0 bridgehead atoms. The molecule has 3 N–H and O–H groups in total. The third kappa shape index (κ3) is 7.02. The highest BCUT2D eigenvalue weighted by Gasteiger charge is 2.21. The van der Waals surface area contributed by atoms with Gasteiger partial charge in [0.2, 0.25) is 0 Å². The maximum atomic E-state index is 9.27. The molecule has 0 aliphatic heterocycles. The lowest BCUT2D eigenvalue weighted by atomic mass is 9.92. The minimum atomic E-state index is -0.375. The maximum absolute atomic E-state index is 9.27. The van der Waals surface area contributed by atoms with E-state index in [1.807, 2.05) is 6.92 Å². The molecule has 17 heavy (non-hydrogen) atoms. The van der Waals surface area contributed by atoms with Crippen molar-refractivity contribution in [2.45, 2.75) is 65.5 Å².